The molecule has 1 heterocycles. The molecule has 1 aromatic heterocycles. The fourth-order valence-electron chi connectivity index (χ4n) is 1.66. The number of hydrogen-bond acceptors (Lipinski definition) is 6. The molecular weight excluding hydrogens is 234 g/mol. The molecule has 0 amide bonds. The average Bonchev–Trinajstić information content (AvgIpc) is 3.22. The molecular formula is C11H17N5O2. The van der Waals surface area contributed by atoms with Crippen LogP contribution in [-0.2, 0) is 0 Å². The van der Waals surface area contributed by atoms with E-state index in [1.54, 1.807) is 6.07 Å². The Hall–Kier alpha value is -1.89. The van der Waals surface area contributed by atoms with Gasteiger partial charge in [-0.05, 0) is 26.0 Å². The first kappa shape index (κ1) is 12.6. The van der Waals surface area contributed by atoms with Gasteiger partial charge >= 0.3 is 0 Å². The van der Waals surface area contributed by atoms with Crippen molar-refractivity contribution in [2.75, 3.05) is 20.2 Å². The molecule has 0 spiro atoms. The monoisotopic (exact) mass is 251 g/mol. The standard InChI is InChI=1S/C11H17N5O2/c1-16(8-2-3-8)6-7-18-11-9(10(12)15-17)4-5-13-14-11/h4-5,8,17H,2-3,6-7H2,1H3,(H2,12,15). The topological polar surface area (TPSA) is 96.9 Å². The van der Waals surface area contributed by atoms with E-state index in [1.165, 1.54) is 19.0 Å². The number of ether oxygens (including phenoxy) is 1. The van der Waals surface area contributed by atoms with Crippen LogP contribution in [-0.4, -0.2) is 52.4 Å². The number of oxime groups is 1. The fourth-order valence-corrected chi connectivity index (χ4v) is 1.66. The molecule has 0 saturated heterocycles. The highest BCUT2D eigenvalue weighted by Gasteiger charge is 2.25. The minimum Gasteiger partial charge on any atom is -0.475 e. The van der Waals surface area contributed by atoms with E-state index >= 15 is 0 Å². The van der Waals surface area contributed by atoms with Crippen LogP contribution in [0.25, 0.3) is 0 Å². The fraction of sp³-hybridized carbons (Fsp3) is 0.545. The predicted molar refractivity (Wildman–Crippen MR) is 65.7 cm³/mol. The Labute approximate surface area is 105 Å². The van der Waals surface area contributed by atoms with Gasteiger partial charge in [0.15, 0.2) is 5.84 Å². The van der Waals surface area contributed by atoms with E-state index in [2.05, 4.69) is 27.3 Å². The van der Waals surface area contributed by atoms with Crippen LogP contribution in [0.4, 0.5) is 0 Å². The van der Waals surface area contributed by atoms with E-state index in [-0.39, 0.29) is 11.7 Å². The van der Waals surface area contributed by atoms with Gasteiger partial charge in [-0.25, -0.2) is 0 Å². The van der Waals surface area contributed by atoms with E-state index in [1.807, 2.05) is 0 Å². The molecule has 0 atom stereocenters. The summed E-state index contributed by atoms with van der Waals surface area (Å²) in [5, 5.41) is 19.2. The largest absolute Gasteiger partial charge is 0.475 e. The Balaban J connectivity index is 1.91. The van der Waals surface area contributed by atoms with Crippen molar-refractivity contribution in [2.24, 2.45) is 10.9 Å². The Kier molecular flexibility index (Phi) is 3.93. The van der Waals surface area contributed by atoms with Gasteiger partial charge in [-0.15, -0.1) is 5.10 Å². The molecule has 0 bridgehead atoms. The second kappa shape index (κ2) is 5.63. The third-order valence-corrected chi connectivity index (χ3v) is 2.92. The normalized spacial score (nSPS) is 16.0. The smallest absolute Gasteiger partial charge is 0.244 e. The van der Waals surface area contributed by atoms with Gasteiger partial charge in [0.1, 0.15) is 6.61 Å². The maximum atomic E-state index is 8.66. The van der Waals surface area contributed by atoms with Gasteiger partial charge in [-0.1, -0.05) is 5.16 Å². The van der Waals surface area contributed by atoms with Crippen LogP contribution in [0, 0.1) is 0 Å². The van der Waals surface area contributed by atoms with E-state index in [4.69, 9.17) is 15.7 Å². The van der Waals surface area contributed by atoms with Crippen molar-refractivity contribution in [3.8, 4) is 5.88 Å². The highest BCUT2D eigenvalue weighted by atomic mass is 16.5. The SMILES string of the molecule is CN(CCOc1nnccc1/C(N)=N/O)C1CC1. The maximum absolute atomic E-state index is 8.66. The lowest BCUT2D eigenvalue weighted by Crippen LogP contribution is -2.27. The summed E-state index contributed by atoms with van der Waals surface area (Å²) in [5.74, 6) is 0.257. The lowest BCUT2D eigenvalue weighted by Gasteiger charge is -2.16. The van der Waals surface area contributed by atoms with Gasteiger partial charge in [0.25, 0.3) is 0 Å². The summed E-state index contributed by atoms with van der Waals surface area (Å²) in [4.78, 5) is 2.25. The molecule has 7 heteroatoms. The van der Waals surface area contributed by atoms with Crippen molar-refractivity contribution >= 4 is 5.84 Å². The molecule has 0 aliphatic heterocycles. The molecule has 0 aromatic carbocycles. The number of aromatic nitrogens is 2. The van der Waals surface area contributed by atoms with Gasteiger partial charge < -0.3 is 20.6 Å². The van der Waals surface area contributed by atoms with Crippen molar-refractivity contribution in [1.82, 2.24) is 15.1 Å². The van der Waals surface area contributed by atoms with E-state index in [0.717, 1.165) is 6.54 Å². The van der Waals surface area contributed by atoms with Crippen molar-refractivity contribution in [3.05, 3.63) is 17.8 Å². The second-order valence-electron chi connectivity index (χ2n) is 4.30. The molecule has 1 aromatic rings. The Morgan fingerprint density at radius 2 is 2.44 bits per heavy atom. The van der Waals surface area contributed by atoms with Gasteiger partial charge in [-0.3, -0.25) is 0 Å². The molecule has 18 heavy (non-hydrogen) atoms. The van der Waals surface area contributed by atoms with Crippen LogP contribution < -0.4 is 10.5 Å². The first-order valence-corrected chi connectivity index (χ1v) is 5.85. The number of hydrogen-bond donors (Lipinski definition) is 2. The molecule has 0 unspecified atom stereocenters. The van der Waals surface area contributed by atoms with E-state index < -0.39 is 0 Å². The highest BCUT2D eigenvalue weighted by Crippen LogP contribution is 2.24. The quantitative estimate of drug-likeness (QED) is 0.321. The zero-order chi connectivity index (χ0) is 13.0. The average molecular weight is 251 g/mol. The molecule has 1 aliphatic carbocycles. The molecule has 7 nitrogen and oxygen atoms in total. The number of amidine groups is 1. The maximum Gasteiger partial charge on any atom is 0.244 e. The third kappa shape index (κ3) is 3.07. The lowest BCUT2D eigenvalue weighted by atomic mass is 10.3. The molecule has 0 radical (unpaired) electrons. The summed E-state index contributed by atoms with van der Waals surface area (Å²) in [5.41, 5.74) is 5.97. The van der Waals surface area contributed by atoms with Crippen LogP contribution in [0.1, 0.15) is 18.4 Å². The minimum absolute atomic E-state index is 0.0320. The molecule has 1 saturated carbocycles. The Morgan fingerprint density at radius 1 is 1.67 bits per heavy atom. The Bertz CT molecular complexity index is 433. The summed E-state index contributed by atoms with van der Waals surface area (Å²) in [6.07, 6.45) is 3.99. The zero-order valence-electron chi connectivity index (χ0n) is 10.3. The number of nitrogens with two attached hydrogens (primary N) is 1. The number of rotatable bonds is 6. The van der Waals surface area contributed by atoms with Crippen molar-refractivity contribution < 1.29 is 9.94 Å². The highest BCUT2D eigenvalue weighted by molar-refractivity contribution is 5.98. The van der Waals surface area contributed by atoms with E-state index in [9.17, 15) is 0 Å². The van der Waals surface area contributed by atoms with Gasteiger partial charge in [0.05, 0.1) is 11.8 Å². The van der Waals surface area contributed by atoms with Crippen LogP contribution in [0.15, 0.2) is 17.4 Å². The molecule has 1 fully saturated rings. The van der Waals surface area contributed by atoms with Gasteiger partial charge in [0.2, 0.25) is 5.88 Å². The second-order valence-corrected chi connectivity index (χ2v) is 4.30. The lowest BCUT2D eigenvalue weighted by molar-refractivity contribution is 0.224. The number of likely N-dealkylation sites (N-methyl/N-ethyl adjacent to an activating group) is 1. The summed E-state index contributed by atoms with van der Waals surface area (Å²) < 4.78 is 5.52. The van der Waals surface area contributed by atoms with Crippen LogP contribution >= 0.6 is 0 Å². The summed E-state index contributed by atoms with van der Waals surface area (Å²) in [6.45, 7) is 1.31. The summed E-state index contributed by atoms with van der Waals surface area (Å²) >= 11 is 0. The van der Waals surface area contributed by atoms with Crippen molar-refractivity contribution in [3.63, 3.8) is 0 Å². The minimum atomic E-state index is -0.0320. The van der Waals surface area contributed by atoms with Crippen molar-refractivity contribution in [2.45, 2.75) is 18.9 Å². The third-order valence-electron chi connectivity index (χ3n) is 2.92. The zero-order valence-corrected chi connectivity index (χ0v) is 10.3. The first-order chi connectivity index (χ1) is 8.72. The number of nitrogens with zero attached hydrogens (tertiary/aromatic N) is 4. The van der Waals surface area contributed by atoms with E-state index in [0.29, 0.717) is 18.2 Å². The van der Waals surface area contributed by atoms with Gasteiger partial charge in [-0.2, -0.15) is 5.10 Å². The molecule has 3 N–H and O–H groups in total. The molecule has 98 valence electrons. The van der Waals surface area contributed by atoms with Crippen LogP contribution in [0.3, 0.4) is 0 Å². The molecule has 1 aliphatic rings. The summed E-state index contributed by atoms with van der Waals surface area (Å²) in [6, 6.07) is 2.29. The molecule has 2 rings (SSSR count). The van der Waals surface area contributed by atoms with Gasteiger partial charge in [0, 0.05) is 12.6 Å². The first-order valence-electron chi connectivity index (χ1n) is 5.85. The van der Waals surface area contributed by atoms with Crippen LogP contribution in [0.5, 0.6) is 5.88 Å². The predicted octanol–water partition coefficient (Wildman–Crippen LogP) is 0.0441. The van der Waals surface area contributed by atoms with Crippen molar-refractivity contribution in [1.29, 1.82) is 0 Å². The summed E-state index contributed by atoms with van der Waals surface area (Å²) in [7, 11) is 2.07. The Morgan fingerprint density at radius 3 is 3.11 bits per heavy atom. The van der Waals surface area contributed by atoms with Crippen LogP contribution in [0.2, 0.25) is 0 Å².